The van der Waals surface area contributed by atoms with Crippen molar-refractivity contribution < 1.29 is 38.2 Å². The molecule has 2 fully saturated rings. The normalized spacial score (nSPS) is 17.6. The SMILES string of the molecule is COC(=O)N[C@H](C(=O)N1CCC[C@H]1c1nc2ccc(-c3ccc(-c4ccc5nc([C@@H]6CCCN6C(=O)[C@@H](NC(=O)OC)C(C)C)[nH]c5c4)c(C(=O)OC)c3)cc2[nH]1)C(C)C. The first-order valence-electron chi connectivity index (χ1n) is 20.3. The number of methoxy groups -OCH3 is 3. The van der Waals surface area contributed by atoms with Crippen LogP contribution in [-0.4, -0.2) is 106 Å². The number of imidazole rings is 2. The number of hydrogen-bond acceptors (Lipinski definition) is 10. The molecule has 3 aromatic carbocycles. The van der Waals surface area contributed by atoms with E-state index in [1.54, 1.807) is 9.80 Å². The average Bonchev–Trinajstić information content (AvgIpc) is 4.08. The van der Waals surface area contributed by atoms with Crippen molar-refractivity contribution in [3.05, 3.63) is 71.8 Å². The summed E-state index contributed by atoms with van der Waals surface area (Å²) in [5, 5.41) is 5.37. The number of rotatable bonds is 11. The van der Waals surface area contributed by atoms with Crippen LogP contribution in [0.5, 0.6) is 0 Å². The summed E-state index contributed by atoms with van der Waals surface area (Å²) in [7, 11) is 3.90. The van der Waals surface area contributed by atoms with E-state index in [1.807, 2.05) is 82.3 Å². The molecule has 0 bridgehead atoms. The van der Waals surface area contributed by atoms with Gasteiger partial charge in [0, 0.05) is 13.1 Å². The molecule has 60 heavy (non-hydrogen) atoms. The van der Waals surface area contributed by atoms with E-state index in [4.69, 9.17) is 24.2 Å². The van der Waals surface area contributed by atoms with E-state index in [0.29, 0.717) is 47.8 Å². The van der Waals surface area contributed by atoms with Gasteiger partial charge >= 0.3 is 18.2 Å². The Labute approximate surface area is 347 Å². The molecule has 316 valence electrons. The van der Waals surface area contributed by atoms with E-state index in [0.717, 1.165) is 52.5 Å². The van der Waals surface area contributed by atoms with Crippen LogP contribution in [0.1, 0.15) is 87.5 Å². The molecule has 0 aliphatic carbocycles. The summed E-state index contributed by atoms with van der Waals surface area (Å²) in [5.41, 5.74) is 6.45. The standard InChI is InChI=1S/C44H52N8O8/c1-23(2)36(49-43(56)59-6)40(53)51-18-8-10-34(51)38-45-30-16-13-26(21-32(30)47-38)25-12-15-28(29(20-25)42(55)58-5)27-14-17-31-33(22-27)48-39(46-31)35-11-9-19-52(35)41(54)37(24(3)4)50-44(57)60-7/h12-17,20-24,34-37H,8-11,18-19H2,1-7H3,(H,45,47)(H,46,48)(H,49,56)(H,50,57)/t34-,35-,36-,37-/m0/s1. The molecule has 4 heterocycles. The second-order valence-corrected chi connectivity index (χ2v) is 16.1. The minimum atomic E-state index is -0.741. The van der Waals surface area contributed by atoms with Gasteiger partial charge in [0.05, 0.1) is 61.0 Å². The molecular weight excluding hydrogens is 769 g/mol. The van der Waals surface area contributed by atoms with E-state index in [2.05, 4.69) is 20.6 Å². The van der Waals surface area contributed by atoms with Gasteiger partial charge in [-0.3, -0.25) is 9.59 Å². The highest BCUT2D eigenvalue weighted by atomic mass is 16.5. The van der Waals surface area contributed by atoms with Crippen molar-refractivity contribution >= 4 is 52.0 Å². The van der Waals surface area contributed by atoms with Crippen LogP contribution in [0.2, 0.25) is 0 Å². The van der Waals surface area contributed by atoms with E-state index in [-0.39, 0.29) is 35.7 Å². The van der Waals surface area contributed by atoms with Crippen molar-refractivity contribution in [3.8, 4) is 22.3 Å². The Bertz CT molecular complexity index is 2440. The molecule has 5 aromatic rings. The number of nitrogens with one attached hydrogen (secondary N) is 4. The van der Waals surface area contributed by atoms with E-state index >= 15 is 0 Å². The number of carbonyl (C=O) groups is 5. The Balaban J connectivity index is 1.14. The lowest BCUT2D eigenvalue weighted by molar-refractivity contribution is -0.136. The van der Waals surface area contributed by atoms with Crippen LogP contribution in [-0.2, 0) is 23.8 Å². The number of H-pyrrole nitrogens is 2. The number of amides is 4. The summed E-state index contributed by atoms with van der Waals surface area (Å²) < 4.78 is 14.8. The number of alkyl carbamates (subject to hydrolysis) is 2. The number of ether oxygens (including phenoxy) is 3. The number of esters is 1. The fourth-order valence-corrected chi connectivity index (χ4v) is 8.36. The first-order valence-corrected chi connectivity index (χ1v) is 20.3. The molecule has 4 atom stereocenters. The molecule has 16 nitrogen and oxygen atoms in total. The van der Waals surface area contributed by atoms with Crippen LogP contribution < -0.4 is 10.6 Å². The highest BCUT2D eigenvalue weighted by Crippen LogP contribution is 2.37. The van der Waals surface area contributed by atoms with Crippen molar-refractivity contribution in [2.45, 2.75) is 77.5 Å². The zero-order chi connectivity index (χ0) is 42.8. The monoisotopic (exact) mass is 820 g/mol. The van der Waals surface area contributed by atoms with Crippen LogP contribution in [0.25, 0.3) is 44.3 Å². The second kappa shape index (κ2) is 17.4. The van der Waals surface area contributed by atoms with Crippen molar-refractivity contribution in [3.63, 3.8) is 0 Å². The summed E-state index contributed by atoms with van der Waals surface area (Å²) >= 11 is 0. The number of nitrogens with zero attached hydrogens (tertiary/aromatic N) is 4. The topological polar surface area (TPSA) is 201 Å². The maximum atomic E-state index is 13.7. The molecule has 2 aliphatic rings. The Kier molecular flexibility index (Phi) is 12.1. The van der Waals surface area contributed by atoms with Gasteiger partial charge in [0.25, 0.3) is 0 Å². The van der Waals surface area contributed by atoms with Crippen LogP contribution in [0.15, 0.2) is 54.6 Å². The summed E-state index contributed by atoms with van der Waals surface area (Å²) in [6.45, 7) is 8.61. The predicted molar refractivity (Wildman–Crippen MR) is 224 cm³/mol. The van der Waals surface area contributed by atoms with Gasteiger partial charge in [-0.05, 0) is 90.1 Å². The van der Waals surface area contributed by atoms with Gasteiger partial charge in [0.2, 0.25) is 11.8 Å². The highest BCUT2D eigenvalue weighted by Gasteiger charge is 2.39. The third-order valence-electron chi connectivity index (χ3n) is 11.6. The third kappa shape index (κ3) is 8.23. The molecule has 0 radical (unpaired) electrons. The number of likely N-dealkylation sites (tertiary alicyclic amines) is 2. The molecule has 2 aromatic heterocycles. The van der Waals surface area contributed by atoms with Crippen LogP contribution >= 0.6 is 0 Å². The summed E-state index contributed by atoms with van der Waals surface area (Å²) in [6.07, 6.45) is 1.73. The molecule has 0 unspecified atom stereocenters. The van der Waals surface area contributed by atoms with E-state index in [1.165, 1.54) is 21.3 Å². The highest BCUT2D eigenvalue weighted by molar-refractivity contribution is 6.00. The predicted octanol–water partition coefficient (Wildman–Crippen LogP) is 6.65. The number of carbonyl (C=O) groups excluding carboxylic acids is 5. The molecule has 0 saturated carbocycles. The summed E-state index contributed by atoms with van der Waals surface area (Å²) in [6, 6.07) is 15.2. The largest absolute Gasteiger partial charge is 0.465 e. The molecule has 2 saturated heterocycles. The minimum absolute atomic E-state index is 0.145. The van der Waals surface area contributed by atoms with Crippen LogP contribution in [0.4, 0.5) is 9.59 Å². The molecule has 7 rings (SSSR count). The van der Waals surface area contributed by atoms with E-state index in [9.17, 15) is 24.0 Å². The first-order chi connectivity index (χ1) is 28.8. The van der Waals surface area contributed by atoms with Gasteiger partial charge in [0.1, 0.15) is 23.7 Å². The lowest BCUT2D eigenvalue weighted by Gasteiger charge is -2.29. The maximum Gasteiger partial charge on any atom is 0.407 e. The van der Waals surface area contributed by atoms with Crippen molar-refractivity contribution in [1.29, 1.82) is 0 Å². The number of aromatic nitrogens is 4. The van der Waals surface area contributed by atoms with Gasteiger partial charge in [0.15, 0.2) is 0 Å². The third-order valence-corrected chi connectivity index (χ3v) is 11.6. The molecule has 0 spiro atoms. The molecule has 2 aliphatic heterocycles. The van der Waals surface area contributed by atoms with Gasteiger partial charge in [-0.2, -0.15) is 0 Å². The Hall–Kier alpha value is -6.45. The summed E-state index contributed by atoms with van der Waals surface area (Å²) in [4.78, 5) is 85.0. The first kappa shape index (κ1) is 41.7. The number of benzene rings is 3. The lowest BCUT2D eigenvalue weighted by atomic mass is 9.94. The number of aromatic amines is 2. The van der Waals surface area contributed by atoms with Gasteiger partial charge < -0.3 is 44.6 Å². The maximum absolute atomic E-state index is 13.7. The molecule has 4 N–H and O–H groups in total. The molecule has 4 amide bonds. The molecule has 16 heteroatoms. The van der Waals surface area contributed by atoms with Gasteiger partial charge in [-0.1, -0.05) is 52.0 Å². The van der Waals surface area contributed by atoms with Crippen molar-refractivity contribution in [1.82, 2.24) is 40.4 Å². The quantitative estimate of drug-likeness (QED) is 0.0826. The lowest BCUT2D eigenvalue weighted by Crippen LogP contribution is -2.51. The number of hydrogen-bond donors (Lipinski definition) is 4. The average molecular weight is 821 g/mol. The minimum Gasteiger partial charge on any atom is -0.465 e. The smallest absolute Gasteiger partial charge is 0.407 e. The summed E-state index contributed by atoms with van der Waals surface area (Å²) in [5.74, 6) is 0.161. The van der Waals surface area contributed by atoms with E-state index < -0.39 is 30.2 Å². The zero-order valence-electron chi connectivity index (χ0n) is 35.0. The zero-order valence-corrected chi connectivity index (χ0v) is 35.0. The number of fused-ring (bicyclic) bond motifs is 2. The fraction of sp³-hybridized carbons (Fsp3) is 0.432. The van der Waals surface area contributed by atoms with Crippen molar-refractivity contribution in [2.24, 2.45) is 11.8 Å². The fourth-order valence-electron chi connectivity index (χ4n) is 8.36. The van der Waals surface area contributed by atoms with Crippen molar-refractivity contribution in [2.75, 3.05) is 34.4 Å². The molecular formula is C44H52N8O8. The Morgan fingerprint density at radius 2 is 1.08 bits per heavy atom. The van der Waals surface area contributed by atoms with Gasteiger partial charge in [-0.15, -0.1) is 0 Å². The van der Waals surface area contributed by atoms with Gasteiger partial charge in [-0.25, -0.2) is 24.4 Å². The Morgan fingerprint density at radius 1 is 0.633 bits per heavy atom. The van der Waals surface area contributed by atoms with Crippen LogP contribution in [0, 0.1) is 11.8 Å². The Morgan fingerprint density at radius 3 is 1.55 bits per heavy atom. The van der Waals surface area contributed by atoms with Crippen LogP contribution in [0.3, 0.4) is 0 Å². The second-order valence-electron chi connectivity index (χ2n) is 16.1.